The van der Waals surface area contributed by atoms with Gasteiger partial charge < -0.3 is 0 Å². The summed E-state index contributed by atoms with van der Waals surface area (Å²) >= 11 is 0. The van der Waals surface area contributed by atoms with Crippen molar-refractivity contribution in [3.8, 4) is 0 Å². The van der Waals surface area contributed by atoms with Gasteiger partial charge in [-0.1, -0.05) is 0 Å². The van der Waals surface area contributed by atoms with E-state index in [-0.39, 0.29) is 108 Å². The molecule has 0 rings (SSSR count). The van der Waals surface area contributed by atoms with Crippen LogP contribution < -0.4 is 0 Å². The van der Waals surface area contributed by atoms with E-state index >= 15 is 0 Å². The van der Waals surface area contributed by atoms with Crippen molar-refractivity contribution in [1.29, 1.82) is 0 Å². The Bertz CT molecular complexity index is 3.90. The maximum atomic E-state index is 0. The molecule has 0 bridgehead atoms. The zero-order valence-electron chi connectivity index (χ0n) is 3.29. The van der Waals surface area contributed by atoms with Crippen molar-refractivity contribution < 1.29 is 21.1 Å². The van der Waals surface area contributed by atoms with Crippen LogP contribution in [0.4, 0.5) is 0 Å². The number of rotatable bonds is 0. The van der Waals surface area contributed by atoms with Gasteiger partial charge in [-0.15, -0.1) is 0 Å². The van der Waals surface area contributed by atoms with E-state index in [1.54, 1.807) is 0 Å². The molecule has 0 aromatic carbocycles. The fourth-order valence-corrected chi connectivity index (χ4v) is 0. The fourth-order valence-electron chi connectivity index (χ4n) is 0. The minimum absolute atomic E-state index is 0. The summed E-state index contributed by atoms with van der Waals surface area (Å²) < 4.78 is 0. The molecule has 0 nitrogen and oxygen atoms in total. The van der Waals surface area contributed by atoms with E-state index in [0.29, 0.717) is 0 Å². The van der Waals surface area contributed by atoms with Crippen LogP contribution in [0.1, 0.15) is 0 Å². The van der Waals surface area contributed by atoms with E-state index in [0.717, 1.165) is 0 Å². The molecule has 0 atom stereocenters. The molecular formula is Al5W. The fraction of sp³-hybridized carbons (Fsp3) is 0. The summed E-state index contributed by atoms with van der Waals surface area (Å²) in [7, 11) is 0. The maximum absolute atomic E-state index is 0. The van der Waals surface area contributed by atoms with Crippen LogP contribution in [0.15, 0.2) is 0 Å². The van der Waals surface area contributed by atoms with Crippen LogP contribution in [0.3, 0.4) is 0 Å². The molecular weight excluding hydrogens is 319 g/mol. The van der Waals surface area contributed by atoms with Crippen LogP contribution in [-0.4, -0.2) is 86.8 Å². The Balaban J connectivity index is 0. The van der Waals surface area contributed by atoms with Crippen molar-refractivity contribution in [3.63, 3.8) is 0 Å². The topological polar surface area (TPSA) is 0 Å². The predicted octanol–water partition coefficient (Wildman–Crippen LogP) is -1.91. The largest absolute Gasteiger partial charge is 0 e. The summed E-state index contributed by atoms with van der Waals surface area (Å²) in [5.41, 5.74) is 0. The Morgan fingerprint density at radius 2 is 0.333 bits per heavy atom. The molecule has 0 aliphatic heterocycles. The van der Waals surface area contributed by atoms with Gasteiger partial charge in [0.2, 0.25) is 0 Å². The molecule has 0 aliphatic carbocycles. The van der Waals surface area contributed by atoms with Gasteiger partial charge in [0, 0.05) is 108 Å². The van der Waals surface area contributed by atoms with Crippen LogP contribution in [-0.2, 0) is 21.1 Å². The summed E-state index contributed by atoms with van der Waals surface area (Å²) in [5.74, 6) is 0. The van der Waals surface area contributed by atoms with Crippen LogP contribution in [0.2, 0.25) is 0 Å². The van der Waals surface area contributed by atoms with Gasteiger partial charge in [0.1, 0.15) is 0 Å². The van der Waals surface area contributed by atoms with Crippen molar-refractivity contribution in [3.05, 3.63) is 0 Å². The van der Waals surface area contributed by atoms with E-state index in [9.17, 15) is 0 Å². The smallest absolute Gasteiger partial charge is 0 e. The monoisotopic (exact) mass is 319 g/mol. The summed E-state index contributed by atoms with van der Waals surface area (Å²) in [6.07, 6.45) is 0. The van der Waals surface area contributed by atoms with Crippen molar-refractivity contribution in [1.82, 2.24) is 0 Å². The molecule has 0 spiro atoms. The van der Waals surface area contributed by atoms with Crippen LogP contribution in [0, 0.1) is 0 Å². The predicted molar refractivity (Wildman–Crippen MR) is 28.8 cm³/mol. The number of hydrogen-bond acceptors (Lipinski definition) is 0. The molecule has 0 saturated carbocycles. The van der Waals surface area contributed by atoms with Gasteiger partial charge in [0.25, 0.3) is 0 Å². The van der Waals surface area contributed by atoms with Crippen LogP contribution in [0.5, 0.6) is 0 Å². The Hall–Kier alpha value is 3.35. The first-order valence-corrected chi connectivity index (χ1v) is 0. The zero-order chi connectivity index (χ0) is 0. The summed E-state index contributed by atoms with van der Waals surface area (Å²) in [5, 5.41) is 0. The summed E-state index contributed by atoms with van der Waals surface area (Å²) in [6, 6.07) is 0. The third kappa shape index (κ3) is 26.4. The Kier molecular flexibility index (Phi) is 389. The van der Waals surface area contributed by atoms with E-state index in [1.165, 1.54) is 0 Å². The van der Waals surface area contributed by atoms with E-state index in [1.807, 2.05) is 0 Å². The number of hydrogen-bond donors (Lipinski definition) is 0. The molecule has 0 aliphatic rings. The van der Waals surface area contributed by atoms with Crippen LogP contribution >= 0.6 is 0 Å². The molecule has 0 amide bonds. The van der Waals surface area contributed by atoms with Gasteiger partial charge in [-0.2, -0.15) is 0 Å². The van der Waals surface area contributed by atoms with Crippen molar-refractivity contribution in [2.45, 2.75) is 0 Å². The average molecular weight is 319 g/mol. The first kappa shape index (κ1) is 58.1. The molecule has 0 unspecified atom stereocenters. The first-order chi connectivity index (χ1) is 0. The minimum Gasteiger partial charge on any atom is 0 e. The van der Waals surface area contributed by atoms with E-state index < -0.39 is 0 Å². The summed E-state index contributed by atoms with van der Waals surface area (Å²) in [6.45, 7) is 0. The van der Waals surface area contributed by atoms with Gasteiger partial charge in [0.05, 0.1) is 0 Å². The van der Waals surface area contributed by atoms with Gasteiger partial charge in [-0.25, -0.2) is 0 Å². The normalized spacial score (nSPS) is 0. The third-order valence-corrected chi connectivity index (χ3v) is 0. The van der Waals surface area contributed by atoms with Crippen LogP contribution in [0.25, 0.3) is 0 Å². The average Bonchev–Trinajstić information content (AvgIpc) is 0. The van der Waals surface area contributed by atoms with Gasteiger partial charge >= 0.3 is 0 Å². The molecule has 0 saturated heterocycles. The minimum atomic E-state index is 0. The second kappa shape index (κ2) is 40.2. The SMILES string of the molecule is [Al].[Al].[Al].[Al].[Al].[W]. The maximum Gasteiger partial charge on any atom is 0 e. The molecule has 0 N–H and O–H groups in total. The van der Waals surface area contributed by atoms with E-state index in [4.69, 9.17) is 0 Å². The van der Waals surface area contributed by atoms with Gasteiger partial charge in [-0.05, 0) is 0 Å². The van der Waals surface area contributed by atoms with Gasteiger partial charge in [-0.3, -0.25) is 0 Å². The first-order valence-electron chi connectivity index (χ1n) is 0. The molecule has 0 aromatic rings. The Morgan fingerprint density at radius 1 is 0.333 bits per heavy atom. The molecule has 0 fully saturated rings. The standard InChI is InChI=1S/5Al.W. The molecule has 0 heterocycles. The third-order valence-electron chi connectivity index (χ3n) is 0. The second-order valence-electron chi connectivity index (χ2n) is 0. The van der Waals surface area contributed by atoms with Crippen molar-refractivity contribution in [2.75, 3.05) is 0 Å². The molecule has 21 valence electrons. The molecule has 15 radical (unpaired) electrons. The van der Waals surface area contributed by atoms with Crippen molar-refractivity contribution >= 4 is 86.8 Å². The zero-order valence-corrected chi connectivity index (χ0v) is 12.0. The van der Waals surface area contributed by atoms with E-state index in [2.05, 4.69) is 0 Å². The summed E-state index contributed by atoms with van der Waals surface area (Å²) in [4.78, 5) is 0. The quantitative estimate of drug-likeness (QED) is 0.458. The Labute approximate surface area is 106 Å². The molecule has 6 heteroatoms. The Morgan fingerprint density at radius 3 is 0.333 bits per heavy atom. The molecule has 6 heavy (non-hydrogen) atoms. The van der Waals surface area contributed by atoms with Crippen molar-refractivity contribution in [2.24, 2.45) is 0 Å². The second-order valence-corrected chi connectivity index (χ2v) is 0. The van der Waals surface area contributed by atoms with Gasteiger partial charge in [0.15, 0.2) is 0 Å². The molecule has 0 aromatic heterocycles.